The summed E-state index contributed by atoms with van der Waals surface area (Å²) in [5, 5.41) is 5.11. The van der Waals surface area contributed by atoms with Gasteiger partial charge in [-0.25, -0.2) is 15.0 Å². The van der Waals surface area contributed by atoms with Crippen LogP contribution in [0.1, 0.15) is 11.3 Å². The first kappa shape index (κ1) is 11.8. The summed E-state index contributed by atoms with van der Waals surface area (Å²) in [6.07, 6.45) is 1.58. The van der Waals surface area contributed by atoms with Crippen molar-refractivity contribution in [1.82, 2.24) is 15.0 Å². The van der Waals surface area contributed by atoms with Crippen molar-refractivity contribution in [3.05, 3.63) is 28.5 Å². The highest BCUT2D eigenvalue weighted by molar-refractivity contribution is 7.07. The van der Waals surface area contributed by atoms with Crippen molar-refractivity contribution in [2.45, 2.75) is 13.5 Å². The monoisotopic (exact) mass is 249 g/mol. The smallest absolute Gasteiger partial charge is 0.137 e. The average molecular weight is 249 g/mol. The van der Waals surface area contributed by atoms with Crippen molar-refractivity contribution in [3.63, 3.8) is 0 Å². The molecule has 0 saturated carbocycles. The summed E-state index contributed by atoms with van der Waals surface area (Å²) in [6, 6.07) is 0. The molecule has 0 aromatic carbocycles. The molecule has 0 saturated heterocycles. The van der Waals surface area contributed by atoms with Gasteiger partial charge in [0.2, 0.25) is 0 Å². The van der Waals surface area contributed by atoms with Crippen LogP contribution in [0.25, 0.3) is 0 Å². The molecule has 0 bridgehead atoms. The Morgan fingerprint density at radius 2 is 2.18 bits per heavy atom. The van der Waals surface area contributed by atoms with E-state index in [1.807, 2.05) is 31.9 Å². The van der Waals surface area contributed by atoms with Gasteiger partial charge in [-0.15, -0.1) is 11.3 Å². The Labute approximate surface area is 105 Å². The van der Waals surface area contributed by atoms with Crippen LogP contribution in [-0.4, -0.2) is 29.0 Å². The van der Waals surface area contributed by atoms with Gasteiger partial charge in [0.1, 0.15) is 18.0 Å². The maximum Gasteiger partial charge on any atom is 0.137 e. The average Bonchev–Trinajstić information content (AvgIpc) is 2.82. The van der Waals surface area contributed by atoms with Crippen molar-refractivity contribution in [1.29, 1.82) is 0 Å². The lowest BCUT2D eigenvalue weighted by Gasteiger charge is -2.19. The number of rotatable bonds is 4. The molecule has 17 heavy (non-hydrogen) atoms. The molecule has 0 radical (unpaired) electrons. The Bertz CT molecular complexity index is 483. The molecule has 2 heterocycles. The molecule has 0 atom stereocenters. The van der Waals surface area contributed by atoms with Crippen molar-refractivity contribution >= 4 is 23.0 Å². The van der Waals surface area contributed by atoms with Gasteiger partial charge in [0.25, 0.3) is 0 Å². The van der Waals surface area contributed by atoms with Crippen LogP contribution in [0, 0.1) is 6.92 Å². The molecule has 0 aliphatic carbocycles. The molecule has 1 N–H and O–H groups in total. The fourth-order valence-electron chi connectivity index (χ4n) is 1.71. The zero-order valence-corrected chi connectivity index (χ0v) is 11.0. The molecule has 90 valence electrons. The zero-order valence-electron chi connectivity index (χ0n) is 10.1. The Kier molecular flexibility index (Phi) is 3.53. The molecule has 0 aliphatic heterocycles. The first-order chi connectivity index (χ1) is 8.22. The van der Waals surface area contributed by atoms with E-state index in [4.69, 9.17) is 0 Å². The molecular weight excluding hydrogens is 234 g/mol. The van der Waals surface area contributed by atoms with Gasteiger partial charge in [-0.05, 0) is 6.92 Å². The molecule has 0 fully saturated rings. The summed E-state index contributed by atoms with van der Waals surface area (Å²) in [5.74, 6) is 1.79. The van der Waals surface area contributed by atoms with E-state index < -0.39 is 0 Å². The van der Waals surface area contributed by atoms with Gasteiger partial charge in [0.05, 0.1) is 17.7 Å². The predicted molar refractivity (Wildman–Crippen MR) is 70.5 cm³/mol. The second-order valence-corrected chi connectivity index (χ2v) is 4.48. The van der Waals surface area contributed by atoms with Gasteiger partial charge < -0.3 is 10.2 Å². The van der Waals surface area contributed by atoms with E-state index >= 15 is 0 Å². The third-order valence-electron chi connectivity index (χ3n) is 2.54. The van der Waals surface area contributed by atoms with Gasteiger partial charge in [0.15, 0.2) is 0 Å². The van der Waals surface area contributed by atoms with Crippen molar-refractivity contribution in [2.75, 3.05) is 24.3 Å². The molecule has 5 nitrogen and oxygen atoms in total. The number of hydrogen-bond donors (Lipinski definition) is 1. The minimum absolute atomic E-state index is 0.754. The van der Waals surface area contributed by atoms with Crippen LogP contribution >= 0.6 is 11.3 Å². The van der Waals surface area contributed by atoms with Crippen molar-refractivity contribution in [3.8, 4) is 0 Å². The van der Waals surface area contributed by atoms with E-state index in [9.17, 15) is 0 Å². The van der Waals surface area contributed by atoms with E-state index in [-0.39, 0.29) is 0 Å². The molecular formula is C11H15N5S. The minimum Gasteiger partial charge on any atom is -0.373 e. The van der Waals surface area contributed by atoms with Gasteiger partial charge in [0, 0.05) is 25.0 Å². The highest BCUT2D eigenvalue weighted by Gasteiger charge is 2.11. The van der Waals surface area contributed by atoms with Gasteiger partial charge in [-0.3, -0.25) is 0 Å². The lowest BCUT2D eigenvalue weighted by atomic mass is 10.3. The molecule has 0 unspecified atom stereocenters. The fourth-order valence-corrected chi connectivity index (χ4v) is 2.26. The lowest BCUT2D eigenvalue weighted by molar-refractivity contribution is 0.862. The first-order valence-electron chi connectivity index (χ1n) is 5.30. The largest absolute Gasteiger partial charge is 0.373 e. The van der Waals surface area contributed by atoms with Crippen LogP contribution in [0.15, 0.2) is 17.2 Å². The molecule has 2 rings (SSSR count). The number of hydrogen-bond acceptors (Lipinski definition) is 6. The number of anilines is 2. The van der Waals surface area contributed by atoms with Crippen LogP contribution in [0.5, 0.6) is 0 Å². The highest BCUT2D eigenvalue weighted by Crippen LogP contribution is 2.21. The summed E-state index contributed by atoms with van der Waals surface area (Å²) in [4.78, 5) is 14.8. The standard InChI is InChI=1S/C11H15N5S/c1-8-10(12-2)13-6-14-11(8)16(3)4-9-5-17-7-15-9/h5-7H,4H2,1-3H3,(H,12,13,14). The third-order valence-corrected chi connectivity index (χ3v) is 3.17. The summed E-state index contributed by atoms with van der Waals surface area (Å²) >= 11 is 1.61. The number of aromatic nitrogens is 3. The SMILES string of the molecule is CNc1ncnc(N(C)Cc2cscn2)c1C. The van der Waals surface area contributed by atoms with Crippen molar-refractivity contribution < 1.29 is 0 Å². The quantitative estimate of drug-likeness (QED) is 0.897. The van der Waals surface area contributed by atoms with E-state index in [0.29, 0.717) is 0 Å². The molecule has 2 aromatic rings. The van der Waals surface area contributed by atoms with Gasteiger partial charge >= 0.3 is 0 Å². The topological polar surface area (TPSA) is 53.9 Å². The van der Waals surface area contributed by atoms with E-state index in [2.05, 4.69) is 25.2 Å². The summed E-state index contributed by atoms with van der Waals surface area (Å²) in [5.41, 5.74) is 3.95. The highest BCUT2D eigenvalue weighted by atomic mass is 32.1. The van der Waals surface area contributed by atoms with Crippen LogP contribution in [0.3, 0.4) is 0 Å². The van der Waals surface area contributed by atoms with Gasteiger partial charge in [-0.1, -0.05) is 0 Å². The van der Waals surface area contributed by atoms with Crippen LogP contribution < -0.4 is 10.2 Å². The van der Waals surface area contributed by atoms with E-state index in [1.54, 1.807) is 17.7 Å². The van der Waals surface area contributed by atoms with Crippen LogP contribution in [0.4, 0.5) is 11.6 Å². The maximum atomic E-state index is 4.32. The normalized spacial score (nSPS) is 10.3. The van der Waals surface area contributed by atoms with Crippen LogP contribution in [0.2, 0.25) is 0 Å². The first-order valence-corrected chi connectivity index (χ1v) is 6.24. The second-order valence-electron chi connectivity index (χ2n) is 3.76. The Hall–Kier alpha value is -1.69. The van der Waals surface area contributed by atoms with Crippen molar-refractivity contribution in [2.24, 2.45) is 0 Å². The predicted octanol–water partition coefficient (Wildman–Crippen LogP) is 1.92. The molecule has 0 aliphatic rings. The number of nitrogens with one attached hydrogen (secondary N) is 1. The third kappa shape index (κ3) is 2.52. The Balaban J connectivity index is 2.22. The number of nitrogens with zero attached hydrogens (tertiary/aromatic N) is 4. The summed E-state index contributed by atoms with van der Waals surface area (Å²) in [7, 11) is 3.87. The minimum atomic E-state index is 0.754. The molecule has 2 aromatic heterocycles. The molecule has 0 spiro atoms. The Morgan fingerprint density at radius 3 is 2.82 bits per heavy atom. The fraction of sp³-hybridized carbons (Fsp3) is 0.364. The molecule has 0 amide bonds. The molecule has 6 heteroatoms. The summed E-state index contributed by atoms with van der Waals surface area (Å²) < 4.78 is 0. The van der Waals surface area contributed by atoms with Gasteiger partial charge in [-0.2, -0.15) is 0 Å². The van der Waals surface area contributed by atoms with Crippen LogP contribution in [-0.2, 0) is 6.54 Å². The van der Waals surface area contributed by atoms with E-state index in [1.165, 1.54) is 0 Å². The Morgan fingerprint density at radius 1 is 1.35 bits per heavy atom. The second kappa shape index (κ2) is 5.09. The number of thiazole rings is 1. The maximum absolute atomic E-state index is 4.32. The van der Waals surface area contributed by atoms with E-state index in [0.717, 1.165) is 29.4 Å². The lowest BCUT2D eigenvalue weighted by Crippen LogP contribution is -2.19. The summed E-state index contributed by atoms with van der Waals surface area (Å²) in [6.45, 7) is 2.77. The zero-order chi connectivity index (χ0) is 12.3.